The summed E-state index contributed by atoms with van der Waals surface area (Å²) in [6.45, 7) is 1.91. The zero-order valence-corrected chi connectivity index (χ0v) is 10.8. The average molecular weight is 290 g/mol. The standard InChI is InChI=1S/C12H11ClF3N3/c1-2-10-3-8(5-13)4-11(18-10)19-7-9(6-17-19)12(14,15)16/h3-4,6-7H,2,5H2,1H3. The van der Waals surface area contributed by atoms with Gasteiger partial charge in [-0.3, -0.25) is 0 Å². The lowest BCUT2D eigenvalue weighted by molar-refractivity contribution is -0.137. The normalized spacial score (nSPS) is 11.8. The van der Waals surface area contributed by atoms with E-state index < -0.39 is 11.7 Å². The second-order valence-electron chi connectivity index (χ2n) is 3.98. The summed E-state index contributed by atoms with van der Waals surface area (Å²) in [7, 11) is 0. The molecule has 0 aliphatic heterocycles. The van der Waals surface area contributed by atoms with Crippen molar-refractivity contribution in [2.75, 3.05) is 0 Å². The van der Waals surface area contributed by atoms with E-state index >= 15 is 0 Å². The second kappa shape index (κ2) is 5.21. The molecule has 2 aromatic heterocycles. The van der Waals surface area contributed by atoms with Crippen LogP contribution in [0.4, 0.5) is 13.2 Å². The van der Waals surface area contributed by atoms with Gasteiger partial charge in [0, 0.05) is 17.8 Å². The van der Waals surface area contributed by atoms with Gasteiger partial charge in [-0.05, 0) is 24.1 Å². The fraction of sp³-hybridized carbons (Fsp3) is 0.333. The summed E-state index contributed by atoms with van der Waals surface area (Å²) in [5.41, 5.74) is 0.758. The van der Waals surface area contributed by atoms with Crippen molar-refractivity contribution < 1.29 is 13.2 Å². The van der Waals surface area contributed by atoms with Crippen LogP contribution >= 0.6 is 11.6 Å². The zero-order valence-electron chi connectivity index (χ0n) is 10.1. The van der Waals surface area contributed by atoms with Crippen molar-refractivity contribution in [3.8, 4) is 5.82 Å². The molecular formula is C12H11ClF3N3. The van der Waals surface area contributed by atoms with Crippen LogP contribution in [0, 0.1) is 0 Å². The predicted octanol–water partition coefficient (Wildman–Crippen LogP) is 3.59. The summed E-state index contributed by atoms with van der Waals surface area (Å²) in [5.74, 6) is 0.612. The second-order valence-corrected chi connectivity index (χ2v) is 4.25. The molecule has 0 saturated carbocycles. The number of pyridine rings is 1. The molecule has 19 heavy (non-hydrogen) atoms. The fourth-order valence-electron chi connectivity index (χ4n) is 1.60. The number of aromatic nitrogens is 3. The summed E-state index contributed by atoms with van der Waals surface area (Å²) in [6.07, 6.45) is -2.04. The highest BCUT2D eigenvalue weighted by molar-refractivity contribution is 6.17. The molecule has 7 heteroatoms. The molecule has 0 saturated heterocycles. The first-order chi connectivity index (χ1) is 8.94. The maximum atomic E-state index is 12.5. The maximum Gasteiger partial charge on any atom is 0.419 e. The van der Waals surface area contributed by atoms with Crippen LogP contribution < -0.4 is 0 Å². The van der Waals surface area contributed by atoms with E-state index in [1.807, 2.05) is 13.0 Å². The number of hydrogen-bond donors (Lipinski definition) is 0. The maximum absolute atomic E-state index is 12.5. The van der Waals surface area contributed by atoms with Crippen molar-refractivity contribution >= 4 is 11.6 Å². The van der Waals surface area contributed by atoms with Gasteiger partial charge >= 0.3 is 6.18 Å². The van der Waals surface area contributed by atoms with E-state index in [0.717, 1.165) is 28.3 Å². The van der Waals surface area contributed by atoms with Crippen LogP contribution in [-0.2, 0) is 18.5 Å². The molecule has 0 amide bonds. The van der Waals surface area contributed by atoms with E-state index in [0.29, 0.717) is 12.2 Å². The van der Waals surface area contributed by atoms with Gasteiger partial charge in [-0.15, -0.1) is 11.6 Å². The first-order valence-corrected chi connectivity index (χ1v) is 6.15. The quantitative estimate of drug-likeness (QED) is 0.809. The summed E-state index contributed by atoms with van der Waals surface area (Å²) in [6, 6.07) is 3.45. The van der Waals surface area contributed by atoms with Crippen molar-refractivity contribution in [1.29, 1.82) is 0 Å². The molecule has 2 aromatic rings. The van der Waals surface area contributed by atoms with Crippen LogP contribution in [0.15, 0.2) is 24.5 Å². The minimum Gasteiger partial charge on any atom is -0.234 e. The Morgan fingerprint density at radius 2 is 2.05 bits per heavy atom. The van der Waals surface area contributed by atoms with Gasteiger partial charge in [-0.2, -0.15) is 18.3 Å². The molecule has 0 bridgehead atoms. The van der Waals surface area contributed by atoms with Crippen molar-refractivity contribution in [2.45, 2.75) is 25.4 Å². The molecular weight excluding hydrogens is 279 g/mol. The number of nitrogens with zero attached hydrogens (tertiary/aromatic N) is 3. The predicted molar refractivity (Wildman–Crippen MR) is 65.3 cm³/mol. The Kier molecular flexibility index (Phi) is 3.80. The summed E-state index contributed by atoms with van der Waals surface area (Å²) in [4.78, 5) is 4.24. The van der Waals surface area contributed by atoms with Crippen LogP contribution in [0.2, 0.25) is 0 Å². The Morgan fingerprint density at radius 1 is 1.32 bits per heavy atom. The first-order valence-electron chi connectivity index (χ1n) is 5.62. The molecule has 0 radical (unpaired) electrons. The minimum atomic E-state index is -4.41. The van der Waals surface area contributed by atoms with E-state index in [9.17, 15) is 13.2 Å². The molecule has 2 heterocycles. The first kappa shape index (κ1) is 13.9. The summed E-state index contributed by atoms with van der Waals surface area (Å²) < 4.78 is 38.6. The van der Waals surface area contributed by atoms with Crippen molar-refractivity contribution in [1.82, 2.24) is 14.8 Å². The minimum absolute atomic E-state index is 0.274. The van der Waals surface area contributed by atoms with Crippen LogP contribution in [0.1, 0.15) is 23.7 Å². The van der Waals surface area contributed by atoms with E-state index in [1.165, 1.54) is 0 Å². The SMILES string of the molecule is CCc1cc(CCl)cc(-n2cc(C(F)(F)F)cn2)n1. The number of alkyl halides is 4. The molecule has 2 rings (SSSR count). The third-order valence-electron chi connectivity index (χ3n) is 2.59. The average Bonchev–Trinajstić information content (AvgIpc) is 2.87. The van der Waals surface area contributed by atoms with Gasteiger partial charge < -0.3 is 0 Å². The lowest BCUT2D eigenvalue weighted by Gasteiger charge is -2.06. The molecule has 0 atom stereocenters. The largest absolute Gasteiger partial charge is 0.419 e. The van der Waals surface area contributed by atoms with Crippen LogP contribution in [0.25, 0.3) is 5.82 Å². The van der Waals surface area contributed by atoms with Crippen LogP contribution in [-0.4, -0.2) is 14.8 Å². The third kappa shape index (κ3) is 3.07. The molecule has 0 unspecified atom stereocenters. The topological polar surface area (TPSA) is 30.7 Å². The van der Waals surface area contributed by atoms with Gasteiger partial charge in [-0.25, -0.2) is 9.67 Å². The monoisotopic (exact) mass is 289 g/mol. The molecule has 102 valence electrons. The van der Waals surface area contributed by atoms with Gasteiger partial charge in [0.25, 0.3) is 0 Å². The lowest BCUT2D eigenvalue weighted by atomic mass is 10.2. The highest BCUT2D eigenvalue weighted by Crippen LogP contribution is 2.29. The molecule has 0 aliphatic carbocycles. The van der Waals surface area contributed by atoms with Gasteiger partial charge in [0.05, 0.1) is 11.8 Å². The smallest absolute Gasteiger partial charge is 0.234 e. The molecule has 0 aliphatic rings. The third-order valence-corrected chi connectivity index (χ3v) is 2.89. The van der Waals surface area contributed by atoms with Crippen molar-refractivity contribution in [3.05, 3.63) is 41.3 Å². The Balaban J connectivity index is 2.43. The molecule has 0 fully saturated rings. The fourth-order valence-corrected chi connectivity index (χ4v) is 1.76. The number of hydrogen-bond acceptors (Lipinski definition) is 2. The van der Waals surface area contributed by atoms with Gasteiger partial charge in [0.2, 0.25) is 0 Å². The molecule has 0 spiro atoms. The van der Waals surface area contributed by atoms with Crippen LogP contribution in [0.5, 0.6) is 0 Å². The van der Waals surface area contributed by atoms with E-state index in [4.69, 9.17) is 11.6 Å². The van der Waals surface area contributed by atoms with E-state index in [1.54, 1.807) is 6.07 Å². The zero-order chi connectivity index (χ0) is 14.0. The Labute approximate surface area is 113 Å². The Bertz CT molecular complexity index is 556. The Hall–Kier alpha value is -1.56. The summed E-state index contributed by atoms with van der Waals surface area (Å²) >= 11 is 5.76. The van der Waals surface area contributed by atoms with Crippen molar-refractivity contribution in [2.24, 2.45) is 0 Å². The highest BCUT2D eigenvalue weighted by atomic mass is 35.5. The van der Waals surface area contributed by atoms with Gasteiger partial charge in [0.15, 0.2) is 5.82 Å². The summed E-state index contributed by atoms with van der Waals surface area (Å²) in [5, 5.41) is 3.69. The highest BCUT2D eigenvalue weighted by Gasteiger charge is 2.32. The van der Waals surface area contributed by atoms with Gasteiger partial charge in [-0.1, -0.05) is 6.92 Å². The Morgan fingerprint density at radius 3 is 2.58 bits per heavy atom. The van der Waals surface area contributed by atoms with Gasteiger partial charge in [0.1, 0.15) is 0 Å². The van der Waals surface area contributed by atoms with E-state index in [-0.39, 0.29) is 5.88 Å². The van der Waals surface area contributed by atoms with Crippen molar-refractivity contribution in [3.63, 3.8) is 0 Å². The number of rotatable bonds is 3. The van der Waals surface area contributed by atoms with Crippen LogP contribution in [0.3, 0.4) is 0 Å². The molecule has 0 aromatic carbocycles. The number of halogens is 4. The number of aryl methyl sites for hydroxylation is 1. The lowest BCUT2D eigenvalue weighted by Crippen LogP contribution is -2.04. The molecule has 3 nitrogen and oxygen atoms in total. The molecule has 0 N–H and O–H groups in total. The van der Waals surface area contributed by atoms with E-state index in [2.05, 4.69) is 10.1 Å².